The van der Waals surface area contributed by atoms with Crippen LogP contribution in [0, 0.1) is 0 Å². The Bertz CT molecular complexity index is 230. The third-order valence-electron chi connectivity index (χ3n) is 2.29. The van der Waals surface area contributed by atoms with E-state index >= 15 is 0 Å². The second-order valence-electron chi connectivity index (χ2n) is 3.43. The first kappa shape index (κ1) is 10.8. The fourth-order valence-electron chi connectivity index (χ4n) is 1.42. The van der Waals surface area contributed by atoms with Gasteiger partial charge in [0.1, 0.15) is 6.54 Å². The maximum Gasteiger partial charge on any atom is 0.317 e. The standard InChI is InChI=1S/C9H17N3O2/c1-3-10-9(14)12-6-4-5-11(2)8(13)7-12/h3-7H2,1-2H3,(H,10,14). The van der Waals surface area contributed by atoms with Gasteiger partial charge in [0.25, 0.3) is 0 Å². The first-order valence-corrected chi connectivity index (χ1v) is 4.92. The Morgan fingerprint density at radius 1 is 1.50 bits per heavy atom. The van der Waals surface area contributed by atoms with Gasteiger partial charge < -0.3 is 15.1 Å². The quantitative estimate of drug-likeness (QED) is 0.640. The molecule has 0 aromatic rings. The summed E-state index contributed by atoms with van der Waals surface area (Å²) < 4.78 is 0. The third-order valence-corrected chi connectivity index (χ3v) is 2.29. The molecule has 14 heavy (non-hydrogen) atoms. The van der Waals surface area contributed by atoms with Gasteiger partial charge in [0, 0.05) is 26.7 Å². The van der Waals surface area contributed by atoms with Gasteiger partial charge in [-0.05, 0) is 13.3 Å². The highest BCUT2D eigenvalue weighted by atomic mass is 16.2. The summed E-state index contributed by atoms with van der Waals surface area (Å²) in [5.41, 5.74) is 0. The summed E-state index contributed by atoms with van der Waals surface area (Å²) in [6.07, 6.45) is 0.847. The minimum atomic E-state index is -0.142. The Morgan fingerprint density at radius 2 is 2.21 bits per heavy atom. The molecule has 1 N–H and O–H groups in total. The zero-order valence-corrected chi connectivity index (χ0v) is 8.75. The van der Waals surface area contributed by atoms with Crippen LogP contribution in [0.1, 0.15) is 13.3 Å². The summed E-state index contributed by atoms with van der Waals surface area (Å²) in [5, 5.41) is 2.69. The maximum absolute atomic E-state index is 11.4. The van der Waals surface area contributed by atoms with Crippen molar-refractivity contribution in [2.45, 2.75) is 13.3 Å². The van der Waals surface area contributed by atoms with Gasteiger partial charge in [0.15, 0.2) is 0 Å². The zero-order chi connectivity index (χ0) is 10.6. The molecule has 1 saturated heterocycles. The summed E-state index contributed by atoms with van der Waals surface area (Å²) in [5.74, 6) is 0.00810. The molecule has 0 aromatic carbocycles. The lowest BCUT2D eigenvalue weighted by Crippen LogP contribution is -2.43. The predicted molar refractivity (Wildman–Crippen MR) is 52.9 cm³/mol. The van der Waals surface area contributed by atoms with Crippen molar-refractivity contribution in [2.75, 3.05) is 33.2 Å². The smallest absolute Gasteiger partial charge is 0.317 e. The molecule has 0 saturated carbocycles. The van der Waals surface area contributed by atoms with Gasteiger partial charge in [-0.25, -0.2) is 4.79 Å². The fourth-order valence-corrected chi connectivity index (χ4v) is 1.42. The van der Waals surface area contributed by atoms with Crippen molar-refractivity contribution in [3.63, 3.8) is 0 Å². The van der Waals surface area contributed by atoms with E-state index in [4.69, 9.17) is 0 Å². The van der Waals surface area contributed by atoms with Crippen LogP contribution in [0.15, 0.2) is 0 Å². The first-order valence-electron chi connectivity index (χ1n) is 4.92. The van der Waals surface area contributed by atoms with Gasteiger partial charge in [0.2, 0.25) is 5.91 Å². The van der Waals surface area contributed by atoms with Gasteiger partial charge in [-0.15, -0.1) is 0 Å². The second kappa shape index (κ2) is 4.83. The molecule has 1 aliphatic rings. The van der Waals surface area contributed by atoms with Gasteiger partial charge in [-0.1, -0.05) is 0 Å². The molecule has 0 spiro atoms. The van der Waals surface area contributed by atoms with Gasteiger partial charge in [-0.3, -0.25) is 4.79 Å². The van der Waals surface area contributed by atoms with Crippen molar-refractivity contribution in [3.8, 4) is 0 Å². The van der Waals surface area contributed by atoms with Crippen molar-refractivity contribution in [2.24, 2.45) is 0 Å². The lowest BCUT2D eigenvalue weighted by atomic mass is 10.4. The number of amides is 3. The lowest BCUT2D eigenvalue weighted by molar-refractivity contribution is -0.129. The summed E-state index contributed by atoms with van der Waals surface area (Å²) >= 11 is 0. The average Bonchev–Trinajstić information content (AvgIpc) is 2.30. The van der Waals surface area contributed by atoms with Crippen LogP contribution >= 0.6 is 0 Å². The molecule has 1 rings (SSSR count). The molecular formula is C9H17N3O2. The van der Waals surface area contributed by atoms with Crippen LogP contribution in [0.3, 0.4) is 0 Å². The molecule has 5 heteroatoms. The Hall–Kier alpha value is -1.26. The number of hydrogen-bond acceptors (Lipinski definition) is 2. The van der Waals surface area contributed by atoms with Crippen LogP contribution in [0.25, 0.3) is 0 Å². The Balaban J connectivity index is 2.54. The molecular weight excluding hydrogens is 182 g/mol. The largest absolute Gasteiger partial charge is 0.344 e. The summed E-state index contributed by atoms with van der Waals surface area (Å²) in [4.78, 5) is 26.1. The van der Waals surface area contributed by atoms with Crippen LogP contribution < -0.4 is 5.32 Å². The van der Waals surface area contributed by atoms with Crippen LogP contribution in [0.5, 0.6) is 0 Å². The lowest BCUT2D eigenvalue weighted by Gasteiger charge is -2.19. The number of likely N-dealkylation sites (N-methyl/N-ethyl adjacent to an activating group) is 1. The third kappa shape index (κ3) is 2.61. The Morgan fingerprint density at radius 3 is 2.86 bits per heavy atom. The molecule has 1 aliphatic heterocycles. The highest BCUT2D eigenvalue weighted by molar-refractivity contribution is 5.84. The molecule has 0 atom stereocenters. The summed E-state index contributed by atoms with van der Waals surface area (Å²) in [6, 6.07) is -0.142. The summed E-state index contributed by atoms with van der Waals surface area (Å²) in [7, 11) is 1.77. The molecule has 3 amide bonds. The molecule has 1 heterocycles. The van der Waals surface area contributed by atoms with E-state index in [1.807, 2.05) is 6.92 Å². The number of hydrogen-bond donors (Lipinski definition) is 1. The number of carbonyl (C=O) groups is 2. The minimum Gasteiger partial charge on any atom is -0.344 e. The minimum absolute atomic E-state index is 0.00810. The summed E-state index contributed by atoms with van der Waals surface area (Å²) in [6.45, 7) is 4.04. The highest BCUT2D eigenvalue weighted by Crippen LogP contribution is 2.02. The molecule has 5 nitrogen and oxygen atoms in total. The second-order valence-corrected chi connectivity index (χ2v) is 3.43. The maximum atomic E-state index is 11.4. The fraction of sp³-hybridized carbons (Fsp3) is 0.778. The van der Waals surface area contributed by atoms with Crippen molar-refractivity contribution >= 4 is 11.9 Å². The topological polar surface area (TPSA) is 52.7 Å². The highest BCUT2D eigenvalue weighted by Gasteiger charge is 2.21. The zero-order valence-electron chi connectivity index (χ0n) is 8.75. The normalized spacial score (nSPS) is 18.0. The van der Waals surface area contributed by atoms with Crippen molar-refractivity contribution in [3.05, 3.63) is 0 Å². The number of nitrogens with one attached hydrogen (secondary N) is 1. The van der Waals surface area contributed by atoms with Gasteiger partial charge in [0.05, 0.1) is 0 Å². The number of rotatable bonds is 1. The molecule has 80 valence electrons. The molecule has 0 aromatic heterocycles. The van der Waals surface area contributed by atoms with Crippen molar-refractivity contribution < 1.29 is 9.59 Å². The molecule has 0 bridgehead atoms. The van der Waals surface area contributed by atoms with Crippen LogP contribution in [-0.4, -0.2) is 55.0 Å². The van der Waals surface area contributed by atoms with E-state index in [0.717, 1.165) is 13.0 Å². The number of carbonyl (C=O) groups excluding carboxylic acids is 2. The van der Waals surface area contributed by atoms with E-state index in [0.29, 0.717) is 13.1 Å². The van der Waals surface area contributed by atoms with E-state index in [1.54, 1.807) is 16.8 Å². The SMILES string of the molecule is CCNC(=O)N1CCCN(C)C(=O)C1. The van der Waals surface area contributed by atoms with E-state index in [2.05, 4.69) is 5.32 Å². The van der Waals surface area contributed by atoms with Crippen LogP contribution in [0.2, 0.25) is 0 Å². The van der Waals surface area contributed by atoms with Gasteiger partial charge in [-0.2, -0.15) is 0 Å². The first-order chi connectivity index (χ1) is 6.65. The van der Waals surface area contributed by atoms with E-state index in [-0.39, 0.29) is 18.5 Å². The monoisotopic (exact) mass is 199 g/mol. The number of urea groups is 1. The molecule has 0 unspecified atom stereocenters. The average molecular weight is 199 g/mol. The predicted octanol–water partition coefficient (Wildman–Crippen LogP) is -0.120. The molecule has 1 fully saturated rings. The van der Waals surface area contributed by atoms with Crippen molar-refractivity contribution in [1.82, 2.24) is 15.1 Å². The molecule has 0 radical (unpaired) electrons. The van der Waals surface area contributed by atoms with Gasteiger partial charge >= 0.3 is 6.03 Å². The van der Waals surface area contributed by atoms with E-state index in [9.17, 15) is 9.59 Å². The van der Waals surface area contributed by atoms with E-state index < -0.39 is 0 Å². The number of nitrogens with zero attached hydrogens (tertiary/aromatic N) is 2. The van der Waals surface area contributed by atoms with Crippen LogP contribution in [0.4, 0.5) is 4.79 Å². The Kier molecular flexibility index (Phi) is 3.73. The van der Waals surface area contributed by atoms with E-state index in [1.165, 1.54) is 0 Å². The Labute approximate surface area is 84.0 Å². The van der Waals surface area contributed by atoms with Crippen molar-refractivity contribution in [1.29, 1.82) is 0 Å². The van der Waals surface area contributed by atoms with Crippen LogP contribution in [-0.2, 0) is 4.79 Å². The molecule has 0 aliphatic carbocycles.